The van der Waals surface area contributed by atoms with E-state index in [-0.39, 0.29) is 12.8 Å². The molecule has 1 aliphatic heterocycles. The Morgan fingerprint density at radius 2 is 1.84 bits per heavy atom. The van der Waals surface area contributed by atoms with Gasteiger partial charge in [0, 0.05) is 49.7 Å². The largest absolute Gasteiger partial charge is 0.316 e. The number of hydrogen-bond acceptors (Lipinski definition) is 3. The average molecular weight is 432 g/mol. The fourth-order valence-corrected chi connectivity index (χ4v) is 2.27. The highest BCUT2D eigenvalue weighted by Crippen LogP contribution is 2.23. The van der Waals surface area contributed by atoms with Gasteiger partial charge in [0.2, 0.25) is 0 Å². The maximum absolute atomic E-state index is 12.2. The predicted octanol–water partition coefficient (Wildman–Crippen LogP) is 7.10. The minimum atomic E-state index is -2.38. The molecule has 3 nitrogen and oxygen atoms in total. The van der Waals surface area contributed by atoms with Crippen LogP contribution in [0, 0.1) is 0 Å². The van der Waals surface area contributed by atoms with Gasteiger partial charge in [0.1, 0.15) is 0 Å². The maximum Gasteiger partial charge on any atom is 0.250 e. The predicted molar refractivity (Wildman–Crippen MR) is 131 cm³/mol. The van der Waals surface area contributed by atoms with Gasteiger partial charge in [-0.3, -0.25) is 9.98 Å². The van der Waals surface area contributed by atoms with Crippen molar-refractivity contribution in [2.45, 2.75) is 66.7 Å². The number of alkyl halides is 2. The van der Waals surface area contributed by atoms with Crippen molar-refractivity contribution in [1.82, 2.24) is 10.3 Å². The van der Waals surface area contributed by atoms with Crippen molar-refractivity contribution in [1.29, 1.82) is 0 Å². The number of allylic oxidation sites excluding steroid dienone is 7. The number of nitrogens with zero attached hydrogens (tertiary/aromatic N) is 2. The van der Waals surface area contributed by atoms with E-state index < -0.39 is 5.92 Å². The zero-order valence-corrected chi connectivity index (χ0v) is 20.0. The molecular weight excluding hydrogens is 392 g/mol. The monoisotopic (exact) mass is 431 g/mol. The third kappa shape index (κ3) is 15.1. The minimum absolute atomic E-state index is 0.00694. The average Bonchev–Trinajstić information content (AvgIpc) is 2.75. The van der Waals surface area contributed by atoms with Gasteiger partial charge in [-0.05, 0) is 63.8 Å². The third-order valence-electron chi connectivity index (χ3n) is 4.64. The first-order chi connectivity index (χ1) is 14.6. The summed E-state index contributed by atoms with van der Waals surface area (Å²) in [6, 6.07) is 4.03. The van der Waals surface area contributed by atoms with E-state index in [1.807, 2.05) is 58.2 Å². The summed E-state index contributed by atoms with van der Waals surface area (Å²) >= 11 is 0. The number of aromatic nitrogens is 1. The molecule has 172 valence electrons. The van der Waals surface area contributed by atoms with Crippen LogP contribution in [0.25, 0.3) is 0 Å². The Labute approximate surface area is 187 Å². The summed E-state index contributed by atoms with van der Waals surface area (Å²) in [6.07, 6.45) is 12.9. The standard InChI is InChI=1S/C14H21N.C7H9N.C5H9F2N/c1-7-8-9-10-12(4)14(6)15-13(5)11(2)3;1-2-7-4-3-5-8-6-7;6-5(7)1-3-8-4-2-5/h7-10H,2H2,1,3-6H3;3-6H,2H2,1H3;8H,1-4H2/b8-7-,10-9-,14-12+,15-13?;;. The Morgan fingerprint density at radius 1 is 1.19 bits per heavy atom. The van der Waals surface area contributed by atoms with Crippen molar-refractivity contribution in [3.63, 3.8) is 0 Å². The van der Waals surface area contributed by atoms with Crippen molar-refractivity contribution >= 4 is 5.71 Å². The van der Waals surface area contributed by atoms with Crippen molar-refractivity contribution in [2.24, 2.45) is 4.99 Å². The van der Waals surface area contributed by atoms with Crippen LogP contribution in [-0.4, -0.2) is 29.7 Å². The summed E-state index contributed by atoms with van der Waals surface area (Å²) in [7, 11) is 0. The van der Waals surface area contributed by atoms with E-state index >= 15 is 0 Å². The first-order valence-electron chi connectivity index (χ1n) is 10.8. The van der Waals surface area contributed by atoms with Crippen LogP contribution in [0.2, 0.25) is 0 Å². The molecule has 1 aromatic rings. The fourth-order valence-electron chi connectivity index (χ4n) is 2.27. The van der Waals surface area contributed by atoms with Gasteiger partial charge in [-0.1, -0.05) is 43.9 Å². The van der Waals surface area contributed by atoms with Crippen LogP contribution >= 0.6 is 0 Å². The molecule has 0 atom stereocenters. The lowest BCUT2D eigenvalue weighted by Gasteiger charge is -2.21. The number of piperidine rings is 1. The number of aryl methyl sites for hydroxylation is 1. The van der Waals surface area contributed by atoms with Crippen LogP contribution in [0.4, 0.5) is 8.78 Å². The molecule has 31 heavy (non-hydrogen) atoms. The molecule has 0 saturated carbocycles. The van der Waals surface area contributed by atoms with Gasteiger partial charge in [0.15, 0.2) is 0 Å². The first-order valence-corrected chi connectivity index (χ1v) is 10.8. The van der Waals surface area contributed by atoms with E-state index in [1.54, 1.807) is 6.20 Å². The van der Waals surface area contributed by atoms with Crippen LogP contribution in [0.15, 0.2) is 77.2 Å². The van der Waals surface area contributed by atoms with Gasteiger partial charge >= 0.3 is 0 Å². The van der Waals surface area contributed by atoms with Crippen molar-refractivity contribution in [3.8, 4) is 0 Å². The molecule has 0 bridgehead atoms. The molecule has 0 aliphatic carbocycles. The summed E-state index contributed by atoms with van der Waals surface area (Å²) in [5.74, 6) is -2.38. The molecule has 0 amide bonds. The van der Waals surface area contributed by atoms with E-state index in [4.69, 9.17) is 0 Å². The fraction of sp³-hybridized carbons (Fsp3) is 0.462. The van der Waals surface area contributed by atoms with Gasteiger partial charge in [-0.2, -0.15) is 0 Å². The molecule has 1 aromatic heterocycles. The van der Waals surface area contributed by atoms with Crippen molar-refractivity contribution in [3.05, 3.63) is 77.8 Å². The van der Waals surface area contributed by atoms with Crippen LogP contribution in [0.1, 0.15) is 59.9 Å². The minimum Gasteiger partial charge on any atom is -0.316 e. The van der Waals surface area contributed by atoms with Gasteiger partial charge in [0.05, 0.1) is 0 Å². The van der Waals surface area contributed by atoms with Gasteiger partial charge in [0.25, 0.3) is 5.92 Å². The molecule has 1 fully saturated rings. The van der Waals surface area contributed by atoms with Crippen LogP contribution < -0.4 is 5.32 Å². The molecule has 1 saturated heterocycles. The summed E-state index contributed by atoms with van der Waals surface area (Å²) in [6.45, 7) is 16.9. The van der Waals surface area contributed by atoms with Crippen LogP contribution in [0.5, 0.6) is 0 Å². The molecule has 0 spiro atoms. The number of nitrogens with one attached hydrogen (secondary N) is 1. The normalized spacial score (nSPS) is 16.7. The number of halogens is 2. The SMILES string of the molecule is C=C(C)C(C)=N/C(C)=C(C)/C=C\C=C/C.CCc1cccnc1.FC1(F)CCNCC1. The molecule has 2 rings (SSSR count). The molecule has 0 aromatic carbocycles. The second-order valence-corrected chi connectivity index (χ2v) is 7.45. The Kier molecular flexibility index (Phi) is 15.0. The Balaban J connectivity index is 0.000000471. The Morgan fingerprint density at radius 3 is 2.23 bits per heavy atom. The molecule has 5 heteroatoms. The van der Waals surface area contributed by atoms with Gasteiger partial charge in [-0.25, -0.2) is 8.78 Å². The topological polar surface area (TPSA) is 37.3 Å². The van der Waals surface area contributed by atoms with Crippen LogP contribution in [-0.2, 0) is 6.42 Å². The number of aliphatic imine (C=N–C) groups is 1. The molecule has 0 radical (unpaired) electrons. The number of rotatable bonds is 5. The molecular formula is C26H39F2N3. The maximum atomic E-state index is 12.2. The Hall–Kier alpha value is -2.40. The first kappa shape index (κ1) is 28.6. The number of hydrogen-bond donors (Lipinski definition) is 1. The van der Waals surface area contributed by atoms with E-state index in [0.717, 1.165) is 23.4 Å². The molecule has 1 N–H and O–H groups in total. The van der Waals surface area contributed by atoms with E-state index in [2.05, 4.69) is 47.9 Å². The molecule has 0 unspecified atom stereocenters. The smallest absolute Gasteiger partial charge is 0.250 e. The third-order valence-corrected chi connectivity index (χ3v) is 4.64. The highest BCUT2D eigenvalue weighted by atomic mass is 19.3. The zero-order chi connectivity index (χ0) is 23.7. The molecule has 2 heterocycles. The lowest BCUT2D eigenvalue weighted by Crippen LogP contribution is -2.35. The van der Waals surface area contributed by atoms with Gasteiger partial charge < -0.3 is 5.32 Å². The summed E-state index contributed by atoms with van der Waals surface area (Å²) in [5, 5.41) is 2.86. The number of pyridine rings is 1. The molecule has 1 aliphatic rings. The van der Waals surface area contributed by atoms with Crippen molar-refractivity contribution < 1.29 is 8.78 Å². The highest BCUT2D eigenvalue weighted by Gasteiger charge is 2.30. The van der Waals surface area contributed by atoms with E-state index in [9.17, 15) is 8.78 Å². The second-order valence-electron chi connectivity index (χ2n) is 7.45. The second kappa shape index (κ2) is 16.3. The van der Waals surface area contributed by atoms with Gasteiger partial charge in [-0.15, -0.1) is 0 Å². The van der Waals surface area contributed by atoms with Crippen molar-refractivity contribution in [2.75, 3.05) is 13.1 Å². The lowest BCUT2D eigenvalue weighted by atomic mass is 10.1. The summed E-state index contributed by atoms with van der Waals surface area (Å²) < 4.78 is 24.3. The summed E-state index contributed by atoms with van der Waals surface area (Å²) in [4.78, 5) is 8.43. The van der Waals surface area contributed by atoms with E-state index in [0.29, 0.717) is 13.1 Å². The zero-order valence-electron chi connectivity index (χ0n) is 20.0. The highest BCUT2D eigenvalue weighted by molar-refractivity contribution is 5.97. The quantitative estimate of drug-likeness (QED) is 0.399. The lowest BCUT2D eigenvalue weighted by molar-refractivity contribution is -0.0274. The van der Waals surface area contributed by atoms with Crippen LogP contribution in [0.3, 0.4) is 0 Å². The van der Waals surface area contributed by atoms with E-state index in [1.165, 1.54) is 11.1 Å². The Bertz CT molecular complexity index is 752. The summed E-state index contributed by atoms with van der Waals surface area (Å²) in [5.41, 5.74) is 5.52.